The Morgan fingerprint density at radius 3 is 2.08 bits per heavy atom. The van der Waals surface area contributed by atoms with Crippen molar-refractivity contribution in [3.63, 3.8) is 0 Å². The minimum absolute atomic E-state index is 0.0112. The zero-order valence-corrected chi connectivity index (χ0v) is 22.2. The van der Waals surface area contributed by atoms with E-state index in [0.29, 0.717) is 47.6 Å². The molecule has 10 heteroatoms. The van der Waals surface area contributed by atoms with Crippen molar-refractivity contribution < 1.29 is 19.1 Å². The molecular weight excluding hydrogens is 527 g/mol. The monoisotopic (exact) mass is 554 g/mol. The van der Waals surface area contributed by atoms with Crippen LogP contribution in [0.2, 0.25) is 10.0 Å². The van der Waals surface area contributed by atoms with Crippen LogP contribution < -0.4 is 15.5 Å². The quantitative estimate of drug-likeness (QED) is 0.343. The number of hydrogen-bond donors (Lipinski definition) is 2. The first-order chi connectivity index (χ1) is 18.4. The molecule has 0 atom stereocenters. The van der Waals surface area contributed by atoms with Gasteiger partial charge in [-0.15, -0.1) is 0 Å². The van der Waals surface area contributed by atoms with E-state index >= 15 is 0 Å². The summed E-state index contributed by atoms with van der Waals surface area (Å²) in [7, 11) is 0. The normalized spacial score (nSPS) is 13.1. The third-order valence-electron chi connectivity index (χ3n) is 6.08. The fourth-order valence-electron chi connectivity index (χ4n) is 3.98. The van der Waals surface area contributed by atoms with Crippen molar-refractivity contribution in [1.29, 1.82) is 0 Å². The van der Waals surface area contributed by atoms with Crippen molar-refractivity contribution in [2.24, 2.45) is 0 Å². The summed E-state index contributed by atoms with van der Waals surface area (Å²) in [4.78, 5) is 40.7. The molecule has 4 rings (SSSR count). The van der Waals surface area contributed by atoms with Crippen LogP contribution in [-0.4, -0.2) is 49.0 Å². The summed E-state index contributed by atoms with van der Waals surface area (Å²) in [6.07, 6.45) is 0.0517. The predicted molar refractivity (Wildman–Crippen MR) is 150 cm³/mol. The fraction of sp³-hybridized carbons (Fsp3) is 0.250. The van der Waals surface area contributed by atoms with Crippen molar-refractivity contribution in [1.82, 2.24) is 4.90 Å². The molecule has 8 nitrogen and oxygen atoms in total. The second kappa shape index (κ2) is 13.2. The van der Waals surface area contributed by atoms with Crippen LogP contribution in [0.25, 0.3) is 0 Å². The fourth-order valence-corrected chi connectivity index (χ4v) is 4.47. The number of anilines is 3. The molecule has 0 aliphatic carbocycles. The molecule has 1 fully saturated rings. The molecule has 38 heavy (non-hydrogen) atoms. The van der Waals surface area contributed by atoms with Crippen molar-refractivity contribution in [2.75, 3.05) is 41.7 Å². The van der Waals surface area contributed by atoms with Crippen LogP contribution in [-0.2, 0) is 20.9 Å². The molecule has 0 unspecified atom stereocenters. The number of nitrogens with zero attached hydrogens (tertiary/aromatic N) is 2. The lowest BCUT2D eigenvalue weighted by Gasteiger charge is -2.36. The van der Waals surface area contributed by atoms with E-state index in [1.165, 1.54) is 0 Å². The topological polar surface area (TPSA) is 91.0 Å². The molecule has 3 aromatic rings. The molecule has 1 saturated heterocycles. The summed E-state index contributed by atoms with van der Waals surface area (Å²) < 4.78 is 5.21. The zero-order valence-electron chi connectivity index (χ0n) is 20.7. The third kappa shape index (κ3) is 7.63. The number of carbonyl (C=O) groups excluding carboxylic acids is 3. The number of piperazine rings is 1. The lowest BCUT2D eigenvalue weighted by molar-refractivity contribution is -0.145. The van der Waals surface area contributed by atoms with Gasteiger partial charge in [0.2, 0.25) is 5.91 Å². The Kier molecular flexibility index (Phi) is 9.46. The van der Waals surface area contributed by atoms with Crippen molar-refractivity contribution in [3.8, 4) is 0 Å². The molecule has 3 aromatic carbocycles. The van der Waals surface area contributed by atoms with Gasteiger partial charge in [0.25, 0.3) is 0 Å². The van der Waals surface area contributed by atoms with Gasteiger partial charge in [-0.3, -0.25) is 9.59 Å². The Bertz CT molecular complexity index is 1240. The molecule has 1 heterocycles. The summed E-state index contributed by atoms with van der Waals surface area (Å²) in [5.41, 5.74) is 2.94. The highest BCUT2D eigenvalue weighted by atomic mass is 35.5. The maximum Gasteiger partial charge on any atom is 0.322 e. The number of nitrogens with one attached hydrogen (secondary N) is 2. The first-order valence-electron chi connectivity index (χ1n) is 12.2. The van der Waals surface area contributed by atoms with E-state index in [2.05, 4.69) is 15.5 Å². The van der Waals surface area contributed by atoms with Crippen molar-refractivity contribution in [3.05, 3.63) is 88.4 Å². The largest absolute Gasteiger partial charge is 0.461 e. The number of hydrogen-bond acceptors (Lipinski definition) is 5. The van der Waals surface area contributed by atoms with Gasteiger partial charge in [0, 0.05) is 44.0 Å². The van der Waals surface area contributed by atoms with E-state index in [4.69, 9.17) is 27.9 Å². The van der Waals surface area contributed by atoms with Gasteiger partial charge in [-0.1, -0.05) is 59.6 Å². The molecule has 0 spiro atoms. The highest BCUT2D eigenvalue weighted by Gasteiger charge is 2.22. The first kappa shape index (κ1) is 27.3. The Hall–Kier alpha value is -3.75. The van der Waals surface area contributed by atoms with Gasteiger partial charge in [-0.05, 0) is 42.0 Å². The van der Waals surface area contributed by atoms with Crippen LogP contribution >= 0.6 is 23.2 Å². The van der Waals surface area contributed by atoms with E-state index in [0.717, 1.165) is 11.3 Å². The highest BCUT2D eigenvalue weighted by Crippen LogP contribution is 2.30. The molecule has 3 amide bonds. The van der Waals surface area contributed by atoms with Gasteiger partial charge in [0.1, 0.15) is 6.61 Å². The molecule has 1 aliphatic rings. The zero-order chi connectivity index (χ0) is 26.9. The van der Waals surface area contributed by atoms with Crippen LogP contribution in [0.1, 0.15) is 18.4 Å². The first-order valence-corrected chi connectivity index (χ1v) is 13.0. The second-order valence-electron chi connectivity index (χ2n) is 8.74. The van der Waals surface area contributed by atoms with Crippen LogP contribution in [0.5, 0.6) is 0 Å². The van der Waals surface area contributed by atoms with Crippen LogP contribution in [0.4, 0.5) is 21.9 Å². The van der Waals surface area contributed by atoms with Gasteiger partial charge in [-0.2, -0.15) is 0 Å². The molecule has 0 radical (unpaired) electrons. The minimum Gasteiger partial charge on any atom is -0.461 e. The molecule has 1 aliphatic heterocycles. The Labute approximate surface area is 231 Å². The maximum atomic E-state index is 12.7. The van der Waals surface area contributed by atoms with E-state index in [-0.39, 0.29) is 31.4 Å². The summed E-state index contributed by atoms with van der Waals surface area (Å²) in [5.74, 6) is -0.671. The Morgan fingerprint density at radius 2 is 1.42 bits per heavy atom. The maximum absolute atomic E-state index is 12.7. The van der Waals surface area contributed by atoms with Crippen LogP contribution in [0.15, 0.2) is 72.8 Å². The van der Waals surface area contributed by atoms with E-state index in [9.17, 15) is 14.4 Å². The smallest absolute Gasteiger partial charge is 0.322 e. The number of ether oxygens (including phenoxy) is 1. The number of para-hydroxylation sites is 1. The average Bonchev–Trinajstić information content (AvgIpc) is 2.94. The summed E-state index contributed by atoms with van der Waals surface area (Å²) in [6.45, 7) is 2.57. The minimum atomic E-state index is -0.415. The number of halogens is 2. The van der Waals surface area contributed by atoms with E-state index in [1.54, 1.807) is 23.1 Å². The Morgan fingerprint density at radius 1 is 0.763 bits per heavy atom. The van der Waals surface area contributed by atoms with Crippen molar-refractivity contribution >= 4 is 58.2 Å². The summed E-state index contributed by atoms with van der Waals surface area (Å²) >= 11 is 12.3. The van der Waals surface area contributed by atoms with E-state index < -0.39 is 5.97 Å². The van der Waals surface area contributed by atoms with Crippen molar-refractivity contribution in [2.45, 2.75) is 19.4 Å². The van der Waals surface area contributed by atoms with Gasteiger partial charge >= 0.3 is 12.0 Å². The third-order valence-corrected chi connectivity index (χ3v) is 6.71. The van der Waals surface area contributed by atoms with Gasteiger partial charge < -0.3 is 25.2 Å². The predicted octanol–water partition coefficient (Wildman–Crippen LogP) is 5.81. The van der Waals surface area contributed by atoms with Gasteiger partial charge in [-0.25, -0.2) is 4.79 Å². The van der Waals surface area contributed by atoms with Gasteiger partial charge in [0.15, 0.2) is 0 Å². The molecule has 198 valence electrons. The summed E-state index contributed by atoms with van der Waals surface area (Å²) in [6, 6.07) is 21.7. The standard InChI is InChI=1S/C28H28Cl2N4O4/c29-23-7-4-8-24(30)27(23)32-28(37)34-17-15-33(16-18-34)22-11-9-21(10-12-22)31-25(35)13-14-26(36)38-19-20-5-2-1-3-6-20/h1-12H,13-19H2,(H,31,35)(H,32,37). The number of esters is 1. The second-order valence-corrected chi connectivity index (χ2v) is 9.56. The number of urea groups is 1. The lowest BCUT2D eigenvalue weighted by atomic mass is 10.2. The average molecular weight is 555 g/mol. The van der Waals surface area contributed by atoms with Crippen LogP contribution in [0.3, 0.4) is 0 Å². The number of carbonyl (C=O) groups is 3. The molecule has 2 N–H and O–H groups in total. The molecule has 0 saturated carbocycles. The number of benzene rings is 3. The molecule has 0 aromatic heterocycles. The molecule has 0 bridgehead atoms. The van der Waals surface area contributed by atoms with Gasteiger partial charge in [0.05, 0.1) is 22.2 Å². The number of amides is 3. The number of rotatable bonds is 8. The lowest BCUT2D eigenvalue weighted by Crippen LogP contribution is -2.50. The summed E-state index contributed by atoms with van der Waals surface area (Å²) in [5, 5.41) is 6.38. The Balaban J connectivity index is 1.19. The van der Waals surface area contributed by atoms with Crippen LogP contribution in [0, 0.1) is 0 Å². The SMILES string of the molecule is O=C(CCC(=O)OCc1ccccc1)Nc1ccc(N2CCN(C(=O)Nc3c(Cl)cccc3Cl)CC2)cc1. The molecular formula is C28H28Cl2N4O4. The highest BCUT2D eigenvalue weighted by molar-refractivity contribution is 6.39. The van der Waals surface area contributed by atoms with E-state index in [1.807, 2.05) is 54.6 Å².